The summed E-state index contributed by atoms with van der Waals surface area (Å²) in [4.78, 5) is 16.9. The van der Waals surface area contributed by atoms with Crippen LogP contribution in [0.2, 0.25) is 0 Å². The van der Waals surface area contributed by atoms with Crippen LogP contribution in [-0.4, -0.2) is 63.5 Å². The molecule has 1 atom stereocenters. The van der Waals surface area contributed by atoms with Crippen LogP contribution in [0.25, 0.3) is 0 Å². The van der Waals surface area contributed by atoms with Gasteiger partial charge in [-0.05, 0) is 43.5 Å². The number of urea groups is 1. The van der Waals surface area contributed by atoms with Crippen molar-refractivity contribution in [3.05, 3.63) is 23.8 Å². The van der Waals surface area contributed by atoms with Gasteiger partial charge in [0, 0.05) is 37.9 Å². The molecule has 0 aromatic heterocycles. The largest absolute Gasteiger partial charge is 0.497 e. The second kappa shape index (κ2) is 7.85. The first kappa shape index (κ1) is 17.0. The topological polar surface area (TPSA) is 54.0 Å². The smallest absolute Gasteiger partial charge is 0.321 e. The van der Waals surface area contributed by atoms with Gasteiger partial charge in [-0.1, -0.05) is 0 Å². The molecule has 2 amide bonds. The summed E-state index contributed by atoms with van der Waals surface area (Å²) in [5, 5.41) is 3.09. The van der Waals surface area contributed by atoms with Crippen LogP contribution in [0.3, 0.4) is 0 Å². The minimum Gasteiger partial charge on any atom is -0.497 e. The number of methoxy groups -OCH3 is 1. The van der Waals surface area contributed by atoms with Crippen LogP contribution in [-0.2, 0) is 11.2 Å². The molecule has 3 rings (SSSR count). The van der Waals surface area contributed by atoms with E-state index in [1.165, 1.54) is 5.56 Å². The van der Waals surface area contributed by atoms with E-state index >= 15 is 0 Å². The van der Waals surface area contributed by atoms with Gasteiger partial charge in [0.1, 0.15) is 5.75 Å². The van der Waals surface area contributed by atoms with Gasteiger partial charge >= 0.3 is 6.03 Å². The van der Waals surface area contributed by atoms with Crippen LogP contribution >= 0.6 is 0 Å². The molecular formula is C18H27N3O3. The summed E-state index contributed by atoms with van der Waals surface area (Å²) >= 11 is 0. The predicted molar refractivity (Wildman–Crippen MR) is 93.9 cm³/mol. The maximum absolute atomic E-state index is 12.6. The maximum atomic E-state index is 12.6. The number of hydrogen-bond acceptors (Lipinski definition) is 4. The summed E-state index contributed by atoms with van der Waals surface area (Å²) in [5.74, 6) is 0.844. The quantitative estimate of drug-likeness (QED) is 0.914. The lowest BCUT2D eigenvalue weighted by atomic mass is 10.0. The highest BCUT2D eigenvalue weighted by molar-refractivity contribution is 5.93. The minimum atomic E-state index is -0.0128. The van der Waals surface area contributed by atoms with Gasteiger partial charge in [-0.15, -0.1) is 0 Å². The van der Waals surface area contributed by atoms with E-state index in [0.29, 0.717) is 12.6 Å². The van der Waals surface area contributed by atoms with Crippen molar-refractivity contribution in [3.8, 4) is 5.75 Å². The van der Waals surface area contributed by atoms with E-state index in [2.05, 4.69) is 17.1 Å². The van der Waals surface area contributed by atoms with Crippen LogP contribution in [0.1, 0.15) is 18.9 Å². The third-order valence-corrected chi connectivity index (χ3v) is 4.87. The average Bonchev–Trinajstić information content (AvgIpc) is 2.65. The first-order chi connectivity index (χ1) is 11.7. The second-order valence-corrected chi connectivity index (χ2v) is 6.43. The van der Waals surface area contributed by atoms with Crippen LogP contribution in [0.4, 0.5) is 10.5 Å². The number of anilines is 1. The molecule has 0 spiro atoms. The lowest BCUT2D eigenvalue weighted by molar-refractivity contribution is 0.0209. The summed E-state index contributed by atoms with van der Waals surface area (Å²) in [6, 6.07) is 6.24. The van der Waals surface area contributed by atoms with E-state index in [1.807, 2.05) is 23.1 Å². The molecule has 2 heterocycles. The van der Waals surface area contributed by atoms with Gasteiger partial charge in [0.2, 0.25) is 0 Å². The molecule has 2 aliphatic heterocycles. The van der Waals surface area contributed by atoms with Gasteiger partial charge in [-0.25, -0.2) is 4.79 Å². The van der Waals surface area contributed by atoms with Crippen molar-refractivity contribution in [2.24, 2.45) is 0 Å². The van der Waals surface area contributed by atoms with Gasteiger partial charge in [0.05, 0.1) is 20.3 Å². The molecule has 24 heavy (non-hydrogen) atoms. The summed E-state index contributed by atoms with van der Waals surface area (Å²) < 4.78 is 10.7. The number of morpholine rings is 1. The molecule has 1 fully saturated rings. The molecule has 1 aromatic carbocycles. The van der Waals surface area contributed by atoms with E-state index in [4.69, 9.17) is 9.47 Å². The van der Waals surface area contributed by atoms with E-state index in [1.54, 1.807) is 7.11 Å². The molecule has 6 heteroatoms. The van der Waals surface area contributed by atoms with Crippen LogP contribution in [0.15, 0.2) is 18.2 Å². The fourth-order valence-corrected chi connectivity index (χ4v) is 3.39. The van der Waals surface area contributed by atoms with Gasteiger partial charge in [-0.2, -0.15) is 0 Å². The van der Waals surface area contributed by atoms with E-state index in [9.17, 15) is 4.79 Å². The summed E-state index contributed by atoms with van der Waals surface area (Å²) in [6.45, 7) is 6.99. The van der Waals surface area contributed by atoms with Crippen molar-refractivity contribution >= 4 is 11.7 Å². The van der Waals surface area contributed by atoms with Gasteiger partial charge < -0.3 is 14.8 Å². The van der Waals surface area contributed by atoms with Crippen molar-refractivity contribution < 1.29 is 14.3 Å². The molecule has 0 saturated carbocycles. The second-order valence-electron chi connectivity index (χ2n) is 6.43. The van der Waals surface area contributed by atoms with Crippen molar-refractivity contribution in [1.29, 1.82) is 0 Å². The number of rotatable bonds is 4. The molecule has 1 aromatic rings. The number of carbonyl (C=O) groups is 1. The molecule has 1 N–H and O–H groups in total. The van der Waals surface area contributed by atoms with Crippen molar-refractivity contribution in [3.63, 3.8) is 0 Å². The molecule has 0 bridgehead atoms. The number of hydrogen-bond donors (Lipinski definition) is 1. The van der Waals surface area contributed by atoms with Crippen molar-refractivity contribution in [2.75, 3.05) is 51.4 Å². The number of benzene rings is 1. The average molecular weight is 333 g/mol. The molecule has 0 unspecified atom stereocenters. The van der Waals surface area contributed by atoms with E-state index in [0.717, 1.165) is 57.1 Å². The summed E-state index contributed by atoms with van der Waals surface area (Å²) in [6.07, 6.45) is 1.97. The zero-order chi connectivity index (χ0) is 16.9. The Bertz CT molecular complexity index is 573. The van der Waals surface area contributed by atoms with Crippen LogP contribution in [0.5, 0.6) is 5.75 Å². The number of amides is 2. The molecule has 0 radical (unpaired) electrons. The highest BCUT2D eigenvalue weighted by Gasteiger charge is 2.24. The zero-order valence-electron chi connectivity index (χ0n) is 14.6. The van der Waals surface area contributed by atoms with Gasteiger partial charge in [-0.3, -0.25) is 9.80 Å². The highest BCUT2D eigenvalue weighted by atomic mass is 16.5. The number of nitrogens with zero attached hydrogens (tertiary/aromatic N) is 2. The normalized spacial score (nSPS) is 19.5. The number of fused-ring (bicyclic) bond motifs is 1. The van der Waals surface area contributed by atoms with Gasteiger partial charge in [0.25, 0.3) is 0 Å². The fraction of sp³-hybridized carbons (Fsp3) is 0.611. The number of ether oxygens (including phenoxy) is 2. The summed E-state index contributed by atoms with van der Waals surface area (Å²) in [7, 11) is 1.67. The van der Waals surface area contributed by atoms with Crippen molar-refractivity contribution in [1.82, 2.24) is 10.2 Å². The minimum absolute atomic E-state index is 0.0128. The van der Waals surface area contributed by atoms with Crippen LogP contribution < -0.4 is 15.0 Å². The Kier molecular flexibility index (Phi) is 5.58. The maximum Gasteiger partial charge on any atom is 0.321 e. The molecule has 2 aliphatic rings. The van der Waals surface area contributed by atoms with Crippen LogP contribution in [0, 0.1) is 0 Å². The molecule has 1 saturated heterocycles. The van der Waals surface area contributed by atoms with E-state index < -0.39 is 0 Å². The van der Waals surface area contributed by atoms with Crippen molar-refractivity contribution in [2.45, 2.75) is 25.8 Å². The predicted octanol–water partition coefficient (Wildman–Crippen LogP) is 1.88. The summed E-state index contributed by atoms with van der Waals surface area (Å²) in [5.41, 5.74) is 2.18. The van der Waals surface area contributed by atoms with E-state index in [-0.39, 0.29) is 6.03 Å². The Hall–Kier alpha value is -1.79. The van der Waals surface area contributed by atoms with Gasteiger partial charge in [0.15, 0.2) is 0 Å². The fourth-order valence-electron chi connectivity index (χ4n) is 3.39. The first-order valence-electron chi connectivity index (χ1n) is 8.73. The monoisotopic (exact) mass is 333 g/mol. The Morgan fingerprint density at radius 1 is 1.33 bits per heavy atom. The molecule has 132 valence electrons. The Balaban J connectivity index is 1.59. The third-order valence-electron chi connectivity index (χ3n) is 4.87. The SMILES string of the molecule is COc1ccc2c(c1)CCCN2C(=O)NC[C@H](C)N1CCOCC1. The Labute approximate surface area is 143 Å². The molecular weight excluding hydrogens is 306 g/mol. The lowest BCUT2D eigenvalue weighted by Crippen LogP contribution is -2.50. The standard InChI is InChI=1S/C18H27N3O3/c1-14(20-8-10-24-11-9-20)13-19-18(22)21-7-3-4-15-12-16(23-2)5-6-17(15)21/h5-6,12,14H,3-4,7-11,13H2,1-2H3,(H,19,22)/t14-/m0/s1. The highest BCUT2D eigenvalue weighted by Crippen LogP contribution is 2.30. The molecule has 6 nitrogen and oxygen atoms in total. The number of nitrogens with one attached hydrogen (secondary N) is 1. The lowest BCUT2D eigenvalue weighted by Gasteiger charge is -2.34. The number of carbonyl (C=O) groups excluding carboxylic acids is 1. The zero-order valence-corrected chi connectivity index (χ0v) is 14.6. The molecule has 0 aliphatic carbocycles. The Morgan fingerprint density at radius 3 is 2.88 bits per heavy atom. The number of aryl methyl sites for hydroxylation is 1. The Morgan fingerprint density at radius 2 is 2.12 bits per heavy atom. The first-order valence-corrected chi connectivity index (χ1v) is 8.73. The third kappa shape index (κ3) is 3.82.